The molecule has 1 aliphatic heterocycles. The third-order valence-electron chi connectivity index (χ3n) is 3.68. The van der Waals surface area contributed by atoms with Crippen molar-refractivity contribution in [2.45, 2.75) is 12.9 Å². The van der Waals surface area contributed by atoms with Crippen LogP contribution in [-0.4, -0.2) is 42.6 Å². The van der Waals surface area contributed by atoms with E-state index < -0.39 is 6.29 Å². The number of carbonyl (C=O) groups is 1. The highest BCUT2D eigenvalue weighted by Crippen LogP contribution is 2.33. The van der Waals surface area contributed by atoms with Crippen molar-refractivity contribution in [1.82, 2.24) is 9.97 Å². The maximum atomic E-state index is 11.9. The van der Waals surface area contributed by atoms with Crippen LogP contribution in [0.2, 0.25) is 0 Å². The lowest BCUT2D eigenvalue weighted by Crippen LogP contribution is -2.18. The zero-order valence-electron chi connectivity index (χ0n) is 13.8. The van der Waals surface area contributed by atoms with E-state index in [0.717, 1.165) is 0 Å². The standard InChI is InChI=1S/C17H19N3O5/c1-22-15-7-12(17-23-5-6-24-17)14(9-20-15)25-10-11-3-2-4-19-16(11)13(21)8-18/h2-4,7,9,17H,5-6,8,10,18H2,1H3. The number of hydrogen-bond acceptors (Lipinski definition) is 8. The van der Waals surface area contributed by atoms with E-state index in [2.05, 4.69) is 9.97 Å². The van der Waals surface area contributed by atoms with Crippen molar-refractivity contribution >= 4 is 5.78 Å². The number of rotatable bonds is 7. The molecule has 8 nitrogen and oxygen atoms in total. The molecule has 0 radical (unpaired) electrons. The van der Waals surface area contributed by atoms with Gasteiger partial charge in [-0.05, 0) is 6.07 Å². The van der Waals surface area contributed by atoms with Crippen molar-refractivity contribution in [2.75, 3.05) is 26.9 Å². The Morgan fingerprint density at radius 1 is 1.36 bits per heavy atom. The first kappa shape index (κ1) is 17.3. The van der Waals surface area contributed by atoms with Gasteiger partial charge in [-0.2, -0.15) is 0 Å². The quantitative estimate of drug-likeness (QED) is 0.748. The van der Waals surface area contributed by atoms with Crippen LogP contribution in [0.4, 0.5) is 0 Å². The molecule has 0 aromatic carbocycles. The molecule has 2 N–H and O–H groups in total. The van der Waals surface area contributed by atoms with Gasteiger partial charge >= 0.3 is 0 Å². The second-order valence-corrected chi connectivity index (χ2v) is 5.27. The van der Waals surface area contributed by atoms with Crippen LogP contribution in [0.25, 0.3) is 0 Å². The molecule has 0 atom stereocenters. The van der Waals surface area contributed by atoms with Crippen LogP contribution in [0.15, 0.2) is 30.6 Å². The summed E-state index contributed by atoms with van der Waals surface area (Å²) in [5.74, 6) is 0.680. The lowest BCUT2D eigenvalue weighted by molar-refractivity contribution is -0.0461. The highest BCUT2D eigenvalue weighted by molar-refractivity contribution is 5.96. The second-order valence-electron chi connectivity index (χ2n) is 5.27. The third kappa shape index (κ3) is 3.93. The molecule has 25 heavy (non-hydrogen) atoms. The summed E-state index contributed by atoms with van der Waals surface area (Å²) < 4.78 is 22.1. The maximum absolute atomic E-state index is 11.9. The van der Waals surface area contributed by atoms with E-state index in [0.29, 0.717) is 41.7 Å². The molecular formula is C17H19N3O5. The van der Waals surface area contributed by atoms with Crippen LogP contribution < -0.4 is 15.2 Å². The van der Waals surface area contributed by atoms with E-state index in [4.69, 9.17) is 24.7 Å². The molecule has 3 heterocycles. The van der Waals surface area contributed by atoms with Gasteiger partial charge in [-0.25, -0.2) is 4.98 Å². The minimum atomic E-state index is -0.536. The molecule has 8 heteroatoms. The number of ketones is 1. The number of hydrogen-bond donors (Lipinski definition) is 1. The Kier molecular flexibility index (Phi) is 5.54. The van der Waals surface area contributed by atoms with Gasteiger partial charge in [0.05, 0.1) is 38.6 Å². The Morgan fingerprint density at radius 3 is 2.88 bits per heavy atom. The van der Waals surface area contributed by atoms with Gasteiger partial charge in [0, 0.05) is 17.8 Å². The van der Waals surface area contributed by atoms with E-state index >= 15 is 0 Å². The van der Waals surface area contributed by atoms with Gasteiger partial charge in [-0.1, -0.05) is 6.07 Å². The largest absolute Gasteiger partial charge is 0.487 e. The van der Waals surface area contributed by atoms with Gasteiger partial charge in [0.15, 0.2) is 12.1 Å². The molecule has 1 fully saturated rings. The predicted molar refractivity (Wildman–Crippen MR) is 87.4 cm³/mol. The van der Waals surface area contributed by atoms with E-state index in [1.54, 1.807) is 30.6 Å². The Bertz CT molecular complexity index is 747. The van der Waals surface area contributed by atoms with Crippen molar-refractivity contribution in [3.8, 4) is 11.6 Å². The Hall–Kier alpha value is -2.55. The molecule has 0 aliphatic carbocycles. The number of carbonyl (C=O) groups excluding carboxylic acids is 1. The predicted octanol–water partition coefficient (Wildman–Crippen LogP) is 1.25. The van der Waals surface area contributed by atoms with Crippen molar-refractivity contribution in [3.63, 3.8) is 0 Å². The van der Waals surface area contributed by atoms with Gasteiger partial charge in [-0.3, -0.25) is 9.78 Å². The van der Waals surface area contributed by atoms with Crippen LogP contribution in [0.5, 0.6) is 11.6 Å². The van der Waals surface area contributed by atoms with E-state index in [1.165, 1.54) is 7.11 Å². The summed E-state index contributed by atoms with van der Waals surface area (Å²) in [5.41, 5.74) is 7.07. The number of nitrogens with zero attached hydrogens (tertiary/aromatic N) is 2. The third-order valence-corrected chi connectivity index (χ3v) is 3.68. The normalized spacial score (nSPS) is 14.5. The monoisotopic (exact) mass is 345 g/mol. The molecule has 0 amide bonds. The molecule has 1 saturated heterocycles. The zero-order chi connectivity index (χ0) is 17.6. The lowest BCUT2D eigenvalue weighted by atomic mass is 10.1. The molecule has 1 aliphatic rings. The smallest absolute Gasteiger partial charge is 0.213 e. The Balaban J connectivity index is 1.83. The minimum absolute atomic E-state index is 0.108. The zero-order valence-corrected chi connectivity index (χ0v) is 13.8. The van der Waals surface area contributed by atoms with Crippen molar-refractivity contribution in [3.05, 3.63) is 47.4 Å². The van der Waals surface area contributed by atoms with Crippen molar-refractivity contribution < 1.29 is 23.7 Å². The minimum Gasteiger partial charge on any atom is -0.487 e. The summed E-state index contributed by atoms with van der Waals surface area (Å²) in [7, 11) is 1.53. The molecule has 2 aromatic heterocycles. The summed E-state index contributed by atoms with van der Waals surface area (Å²) in [4.78, 5) is 20.1. The molecule has 0 saturated carbocycles. The SMILES string of the molecule is COc1cc(C2OCCO2)c(OCc2cccnc2C(=O)CN)cn1. The van der Waals surface area contributed by atoms with Crippen LogP contribution in [-0.2, 0) is 16.1 Å². The fourth-order valence-corrected chi connectivity index (χ4v) is 2.45. The molecule has 0 unspecified atom stereocenters. The lowest BCUT2D eigenvalue weighted by Gasteiger charge is -2.16. The average Bonchev–Trinajstić information content (AvgIpc) is 3.20. The van der Waals surface area contributed by atoms with Crippen LogP contribution in [0.3, 0.4) is 0 Å². The van der Waals surface area contributed by atoms with Crippen LogP contribution in [0.1, 0.15) is 27.9 Å². The molecule has 0 bridgehead atoms. The Labute approximate surface area is 144 Å². The van der Waals surface area contributed by atoms with Crippen LogP contribution >= 0.6 is 0 Å². The van der Waals surface area contributed by atoms with Crippen molar-refractivity contribution in [1.29, 1.82) is 0 Å². The van der Waals surface area contributed by atoms with Crippen molar-refractivity contribution in [2.24, 2.45) is 5.73 Å². The second kappa shape index (κ2) is 8.02. The number of methoxy groups -OCH3 is 1. The van der Waals surface area contributed by atoms with E-state index in [9.17, 15) is 4.79 Å². The molecule has 132 valence electrons. The molecular weight excluding hydrogens is 326 g/mol. The summed E-state index contributed by atoms with van der Waals surface area (Å²) in [6, 6.07) is 5.22. The fraction of sp³-hybridized carbons (Fsp3) is 0.353. The van der Waals surface area contributed by atoms with Gasteiger partial charge in [0.25, 0.3) is 0 Å². The average molecular weight is 345 g/mol. The summed E-state index contributed by atoms with van der Waals surface area (Å²) in [5, 5.41) is 0. The first-order chi connectivity index (χ1) is 12.2. The Morgan fingerprint density at radius 2 is 2.16 bits per heavy atom. The van der Waals surface area contributed by atoms with Gasteiger partial charge in [0.2, 0.25) is 5.88 Å². The number of aromatic nitrogens is 2. The summed E-state index contributed by atoms with van der Waals surface area (Å²) >= 11 is 0. The molecule has 0 spiro atoms. The summed E-state index contributed by atoms with van der Waals surface area (Å²) in [6.45, 7) is 1.05. The first-order valence-electron chi connectivity index (χ1n) is 7.80. The van der Waals surface area contributed by atoms with E-state index in [-0.39, 0.29) is 18.9 Å². The van der Waals surface area contributed by atoms with Gasteiger partial charge in [-0.15, -0.1) is 0 Å². The highest BCUT2D eigenvalue weighted by atomic mass is 16.7. The van der Waals surface area contributed by atoms with Gasteiger partial charge in [0.1, 0.15) is 18.1 Å². The first-order valence-corrected chi connectivity index (χ1v) is 7.80. The number of pyridine rings is 2. The molecule has 2 aromatic rings. The number of Topliss-reactive ketones (excluding diaryl/α,β-unsaturated/α-hetero) is 1. The highest BCUT2D eigenvalue weighted by Gasteiger charge is 2.24. The number of nitrogens with two attached hydrogens (primary N) is 1. The fourth-order valence-electron chi connectivity index (χ4n) is 2.45. The van der Waals surface area contributed by atoms with Gasteiger partial charge < -0.3 is 24.7 Å². The van der Waals surface area contributed by atoms with E-state index in [1.807, 2.05) is 0 Å². The summed E-state index contributed by atoms with van der Waals surface area (Å²) in [6.07, 6.45) is 2.55. The molecule has 3 rings (SSSR count). The maximum Gasteiger partial charge on any atom is 0.213 e. The topological polar surface area (TPSA) is 106 Å². The van der Waals surface area contributed by atoms with Crippen LogP contribution in [0, 0.1) is 0 Å². The number of ether oxygens (including phenoxy) is 4.